The zero-order valence-corrected chi connectivity index (χ0v) is 17.6. The van der Waals surface area contributed by atoms with Crippen molar-refractivity contribution in [2.45, 2.75) is 24.1 Å². The summed E-state index contributed by atoms with van der Waals surface area (Å²) >= 11 is 1.89. The fourth-order valence-electron chi connectivity index (χ4n) is 4.23. The fourth-order valence-corrected chi connectivity index (χ4v) is 6.05. The van der Waals surface area contributed by atoms with Crippen LogP contribution in [0.3, 0.4) is 0 Å². The minimum Gasteiger partial charge on any atom is -0.497 e. The standard InChI is InChI=1S/C21H24N2O3S.ClH/c1-25-15-9-14(10-16(11-15)26-2)12-23-20(24)17-13-27-21-7-4-3-5-19(21)22-8-6-18(17)21;/h3-5,8-11,17-18H,6-7,12-13H2,1-2H3,(H,23,24);1H. The van der Waals surface area contributed by atoms with Crippen molar-refractivity contribution in [3.63, 3.8) is 0 Å². The van der Waals surface area contributed by atoms with Crippen molar-refractivity contribution in [2.24, 2.45) is 16.8 Å². The first kappa shape index (κ1) is 20.8. The van der Waals surface area contributed by atoms with E-state index in [2.05, 4.69) is 28.5 Å². The van der Waals surface area contributed by atoms with Crippen LogP contribution < -0.4 is 14.8 Å². The molecule has 1 aromatic rings. The molecular weight excluding hydrogens is 396 g/mol. The lowest BCUT2D eigenvalue weighted by molar-refractivity contribution is -0.126. The molecule has 0 bridgehead atoms. The van der Waals surface area contributed by atoms with Gasteiger partial charge >= 0.3 is 0 Å². The first-order chi connectivity index (χ1) is 13.2. The van der Waals surface area contributed by atoms with Gasteiger partial charge < -0.3 is 14.8 Å². The monoisotopic (exact) mass is 420 g/mol. The Labute approximate surface area is 176 Å². The summed E-state index contributed by atoms with van der Waals surface area (Å²) in [6.07, 6.45) is 10.2. The summed E-state index contributed by atoms with van der Waals surface area (Å²) in [6.45, 7) is 0.462. The number of hydrogen-bond donors (Lipinski definition) is 1. The number of hydrogen-bond acceptors (Lipinski definition) is 5. The van der Waals surface area contributed by atoms with Gasteiger partial charge in [-0.1, -0.05) is 12.2 Å². The summed E-state index contributed by atoms with van der Waals surface area (Å²) in [6, 6.07) is 5.68. The highest BCUT2D eigenvalue weighted by molar-refractivity contribution is 8.01. The van der Waals surface area contributed by atoms with Crippen molar-refractivity contribution in [3.8, 4) is 11.5 Å². The van der Waals surface area contributed by atoms with Crippen molar-refractivity contribution < 1.29 is 14.3 Å². The number of nitrogens with zero attached hydrogens (tertiary/aromatic N) is 1. The topological polar surface area (TPSA) is 59.9 Å². The van der Waals surface area contributed by atoms with E-state index in [4.69, 9.17) is 9.47 Å². The predicted octanol–water partition coefficient (Wildman–Crippen LogP) is 3.78. The van der Waals surface area contributed by atoms with Gasteiger partial charge in [0.1, 0.15) is 11.5 Å². The third-order valence-corrected chi connectivity index (χ3v) is 7.37. The third-order valence-electron chi connectivity index (χ3n) is 5.65. The average molecular weight is 421 g/mol. The molecule has 3 atom stereocenters. The smallest absolute Gasteiger partial charge is 0.224 e. The minimum atomic E-state index is -0.0231. The van der Waals surface area contributed by atoms with Crippen LogP contribution in [0, 0.1) is 11.8 Å². The molecule has 1 aliphatic carbocycles. The zero-order valence-electron chi connectivity index (χ0n) is 16.0. The number of halogens is 1. The normalized spacial score (nSPS) is 27.1. The van der Waals surface area contributed by atoms with Crippen LogP contribution in [0.4, 0.5) is 0 Å². The highest BCUT2D eigenvalue weighted by Crippen LogP contribution is 2.57. The SMILES string of the molecule is COc1cc(CNC(=O)C2CSC34CC=CC=C3N=CCC24)cc(OC)c1.Cl. The Hall–Kier alpha value is -1.92. The largest absolute Gasteiger partial charge is 0.497 e. The summed E-state index contributed by atoms with van der Waals surface area (Å²) in [7, 11) is 3.25. The van der Waals surface area contributed by atoms with Crippen LogP contribution in [-0.2, 0) is 11.3 Å². The molecule has 1 aromatic carbocycles. The lowest BCUT2D eigenvalue weighted by Gasteiger charge is -2.39. The Kier molecular flexibility index (Phi) is 6.40. The van der Waals surface area contributed by atoms with Gasteiger partial charge in [0.2, 0.25) is 5.91 Å². The van der Waals surface area contributed by atoms with Gasteiger partial charge in [0.25, 0.3) is 0 Å². The summed E-state index contributed by atoms with van der Waals surface area (Å²) in [4.78, 5) is 17.6. The summed E-state index contributed by atoms with van der Waals surface area (Å²) < 4.78 is 10.6. The number of nitrogens with one attached hydrogen (secondary N) is 1. The van der Waals surface area contributed by atoms with E-state index in [1.807, 2.05) is 36.2 Å². The lowest BCUT2D eigenvalue weighted by atomic mass is 9.73. The van der Waals surface area contributed by atoms with Crippen molar-refractivity contribution in [2.75, 3.05) is 20.0 Å². The zero-order chi connectivity index (χ0) is 18.9. The number of thioether (sulfide) groups is 1. The molecule has 2 aliphatic heterocycles. The van der Waals surface area contributed by atoms with E-state index in [1.165, 1.54) is 0 Å². The van der Waals surface area contributed by atoms with Gasteiger partial charge in [-0.2, -0.15) is 0 Å². The van der Waals surface area contributed by atoms with Crippen LogP contribution in [0.15, 0.2) is 47.1 Å². The number of aliphatic imine (C=N–C) groups is 1. The first-order valence-corrected chi connectivity index (χ1v) is 10.2. The second-order valence-electron chi connectivity index (χ2n) is 7.08. The number of carbonyl (C=O) groups excluding carboxylic acids is 1. The van der Waals surface area contributed by atoms with Crippen LogP contribution in [0.2, 0.25) is 0 Å². The molecule has 1 spiro atoms. The number of allylic oxidation sites excluding steroid dienone is 3. The molecule has 2 heterocycles. The molecule has 3 unspecified atom stereocenters. The Balaban J connectivity index is 0.00000225. The Morgan fingerprint density at radius 3 is 2.75 bits per heavy atom. The maximum absolute atomic E-state index is 13.0. The number of ether oxygens (including phenoxy) is 2. The number of rotatable bonds is 5. The number of amides is 1. The van der Waals surface area contributed by atoms with Gasteiger partial charge in [0.15, 0.2) is 0 Å². The van der Waals surface area contributed by atoms with Crippen LogP contribution in [0.5, 0.6) is 11.5 Å². The van der Waals surface area contributed by atoms with Crippen molar-refractivity contribution in [3.05, 3.63) is 47.7 Å². The maximum Gasteiger partial charge on any atom is 0.224 e. The van der Waals surface area contributed by atoms with Crippen molar-refractivity contribution in [1.29, 1.82) is 0 Å². The molecule has 4 rings (SSSR count). The van der Waals surface area contributed by atoms with E-state index >= 15 is 0 Å². The molecule has 5 nitrogen and oxygen atoms in total. The van der Waals surface area contributed by atoms with E-state index in [-0.39, 0.29) is 29.0 Å². The van der Waals surface area contributed by atoms with E-state index in [0.29, 0.717) is 12.5 Å². The van der Waals surface area contributed by atoms with Gasteiger partial charge in [-0.05, 0) is 42.5 Å². The molecule has 0 aromatic heterocycles. The number of methoxy groups -OCH3 is 2. The first-order valence-electron chi connectivity index (χ1n) is 9.20. The average Bonchev–Trinajstić information content (AvgIpc) is 3.09. The van der Waals surface area contributed by atoms with E-state index < -0.39 is 0 Å². The van der Waals surface area contributed by atoms with E-state index in [0.717, 1.165) is 41.4 Å². The van der Waals surface area contributed by atoms with Gasteiger partial charge in [0.05, 0.1) is 30.6 Å². The molecule has 1 amide bonds. The molecular formula is C21H25ClN2O3S. The third kappa shape index (κ3) is 3.67. The van der Waals surface area contributed by atoms with Crippen LogP contribution in [-0.4, -0.2) is 36.8 Å². The van der Waals surface area contributed by atoms with Crippen LogP contribution in [0.25, 0.3) is 0 Å². The van der Waals surface area contributed by atoms with Crippen LogP contribution in [0.1, 0.15) is 18.4 Å². The second kappa shape index (κ2) is 8.62. The second-order valence-corrected chi connectivity index (χ2v) is 8.43. The molecule has 0 radical (unpaired) electrons. The Morgan fingerprint density at radius 1 is 1.29 bits per heavy atom. The quantitative estimate of drug-likeness (QED) is 0.787. The fraction of sp³-hybridized carbons (Fsp3) is 0.429. The summed E-state index contributed by atoms with van der Waals surface area (Å²) in [5, 5.41) is 3.12. The summed E-state index contributed by atoms with van der Waals surface area (Å²) in [5.74, 6) is 2.71. The Bertz CT molecular complexity index is 817. The molecule has 0 saturated carbocycles. The van der Waals surface area contributed by atoms with Crippen molar-refractivity contribution >= 4 is 36.3 Å². The van der Waals surface area contributed by atoms with Gasteiger partial charge in [-0.15, -0.1) is 24.2 Å². The predicted molar refractivity (Wildman–Crippen MR) is 116 cm³/mol. The highest BCUT2D eigenvalue weighted by atomic mass is 35.5. The molecule has 150 valence electrons. The molecule has 7 heteroatoms. The molecule has 1 N–H and O–H groups in total. The maximum atomic E-state index is 13.0. The van der Waals surface area contributed by atoms with Gasteiger partial charge in [-0.25, -0.2) is 0 Å². The summed E-state index contributed by atoms with van der Waals surface area (Å²) in [5.41, 5.74) is 2.09. The highest BCUT2D eigenvalue weighted by Gasteiger charge is 2.54. The number of carbonyl (C=O) groups is 1. The van der Waals surface area contributed by atoms with Gasteiger partial charge in [-0.3, -0.25) is 9.79 Å². The van der Waals surface area contributed by atoms with Crippen molar-refractivity contribution in [1.82, 2.24) is 5.32 Å². The molecule has 28 heavy (non-hydrogen) atoms. The van der Waals surface area contributed by atoms with Gasteiger partial charge in [0, 0.05) is 24.6 Å². The minimum absolute atomic E-state index is 0. The van der Waals surface area contributed by atoms with E-state index in [1.54, 1.807) is 14.2 Å². The number of benzene rings is 1. The van der Waals surface area contributed by atoms with E-state index in [9.17, 15) is 4.79 Å². The molecule has 3 aliphatic rings. The van der Waals surface area contributed by atoms with Crippen LogP contribution >= 0.6 is 24.2 Å². The molecule has 1 fully saturated rings. The molecule has 1 saturated heterocycles. The lowest BCUT2D eigenvalue weighted by Crippen LogP contribution is -2.43. The Morgan fingerprint density at radius 2 is 2.04 bits per heavy atom.